The van der Waals surface area contributed by atoms with E-state index in [-0.39, 0.29) is 0 Å². The maximum Gasteiger partial charge on any atom is 0.0716 e. The van der Waals surface area contributed by atoms with E-state index < -0.39 is 0 Å². The average Bonchev–Trinajstić information content (AvgIpc) is 2.29. The van der Waals surface area contributed by atoms with Crippen LogP contribution in [0.25, 0.3) is 0 Å². The van der Waals surface area contributed by atoms with E-state index in [4.69, 9.17) is 0 Å². The van der Waals surface area contributed by atoms with E-state index in [9.17, 15) is 0 Å². The van der Waals surface area contributed by atoms with E-state index in [1.807, 2.05) is 0 Å². The molecule has 0 bridgehead atoms. The zero-order chi connectivity index (χ0) is 11.5. The van der Waals surface area contributed by atoms with Gasteiger partial charge in [-0.1, -0.05) is 60.6 Å². The van der Waals surface area contributed by atoms with Gasteiger partial charge in [0.25, 0.3) is 0 Å². The predicted octanol–water partition coefficient (Wildman–Crippen LogP) is 2.94. The van der Waals surface area contributed by atoms with Crippen molar-refractivity contribution >= 4 is 15.4 Å². The van der Waals surface area contributed by atoms with E-state index in [0.717, 1.165) is 0 Å². The van der Waals surface area contributed by atoms with Crippen LogP contribution in [0.5, 0.6) is 0 Å². The fraction of sp³-hybridized carbons (Fsp3) is 0.200. The summed E-state index contributed by atoms with van der Waals surface area (Å²) in [5, 5.41) is 1.18. The van der Waals surface area contributed by atoms with Gasteiger partial charge in [-0.2, -0.15) is 0 Å². The van der Waals surface area contributed by atoms with E-state index >= 15 is 0 Å². The molecule has 16 heavy (non-hydrogen) atoms. The molecule has 0 aliphatic carbocycles. The maximum atomic E-state index is 3.67. The Bertz CT molecular complexity index is 443. The van der Waals surface area contributed by atoms with Crippen LogP contribution in [-0.2, 0) is 0 Å². The highest BCUT2D eigenvalue weighted by Crippen LogP contribution is 2.24. The topological polar surface area (TPSA) is 0 Å². The highest BCUT2D eigenvalue weighted by molar-refractivity contribution is 6.33. The number of rotatable bonds is 2. The van der Waals surface area contributed by atoms with Gasteiger partial charge >= 0.3 is 0 Å². The average molecular weight is 223 g/mol. The van der Waals surface area contributed by atoms with Crippen molar-refractivity contribution in [2.45, 2.75) is 19.8 Å². The molecule has 0 aromatic heterocycles. The van der Waals surface area contributed by atoms with Crippen LogP contribution in [0.15, 0.2) is 48.5 Å². The molecule has 1 atom stereocenters. The van der Waals surface area contributed by atoms with E-state index in [1.165, 1.54) is 21.9 Å². The Hall–Kier alpha value is -1.34. The Morgan fingerprint density at radius 2 is 1.44 bits per heavy atom. The Morgan fingerprint density at radius 1 is 0.875 bits per heavy atom. The van der Waals surface area contributed by atoms with Crippen molar-refractivity contribution in [1.82, 2.24) is 0 Å². The molecule has 0 N–H and O–H groups in total. The fourth-order valence-electron chi connectivity index (χ4n) is 2.11. The summed E-state index contributed by atoms with van der Waals surface area (Å²) in [6, 6.07) is 17.0. The Kier molecular flexibility index (Phi) is 3.25. The smallest absolute Gasteiger partial charge is 0.0636 e. The zero-order valence-electron chi connectivity index (χ0n) is 9.70. The van der Waals surface area contributed by atoms with Crippen molar-refractivity contribution in [3.63, 3.8) is 0 Å². The van der Waals surface area contributed by atoms with Crippen LogP contribution in [0.2, 0.25) is 0 Å². The summed E-state index contributed by atoms with van der Waals surface area (Å²) in [7, 11) is 3.67. The lowest BCUT2D eigenvalue weighted by Gasteiger charge is -2.17. The van der Waals surface area contributed by atoms with Crippen molar-refractivity contribution in [3.05, 3.63) is 65.2 Å². The number of benzene rings is 2. The summed E-state index contributed by atoms with van der Waals surface area (Å²) in [5.41, 5.74) is 4.09. The lowest BCUT2D eigenvalue weighted by Crippen LogP contribution is -2.13. The minimum atomic E-state index is 0.426. The summed E-state index contributed by atoms with van der Waals surface area (Å²) in [6.07, 6.45) is 0. The van der Waals surface area contributed by atoms with E-state index in [2.05, 4.69) is 72.6 Å². The second-order valence-corrected chi connectivity index (χ2v) is 4.70. The third-order valence-electron chi connectivity index (χ3n) is 3.08. The van der Waals surface area contributed by atoms with E-state index in [0.29, 0.717) is 5.92 Å². The molecule has 0 nitrogen and oxygen atoms in total. The summed E-state index contributed by atoms with van der Waals surface area (Å²) < 4.78 is 0. The first-order chi connectivity index (χ1) is 7.70. The molecule has 0 saturated heterocycles. The zero-order valence-corrected chi connectivity index (χ0v) is 10.7. The minimum absolute atomic E-state index is 0.426. The molecule has 0 saturated carbocycles. The minimum Gasteiger partial charge on any atom is -0.0636 e. The van der Waals surface area contributed by atoms with Crippen molar-refractivity contribution in [3.8, 4) is 0 Å². The summed E-state index contributed by atoms with van der Waals surface area (Å²) in [4.78, 5) is 0. The van der Waals surface area contributed by atoms with Gasteiger partial charge in [0, 0.05) is 5.92 Å². The quantitative estimate of drug-likeness (QED) is 0.687. The van der Waals surface area contributed by atoms with E-state index in [1.54, 1.807) is 0 Å². The molecule has 0 spiro atoms. The molecule has 0 aliphatic heterocycles. The first-order valence-corrected chi connectivity index (χ1v) is 6.06. The molecule has 1 heteroatoms. The molecular weight excluding hydrogens is 208 g/mol. The van der Waals surface area contributed by atoms with Gasteiger partial charge in [-0.3, -0.25) is 0 Å². The largest absolute Gasteiger partial charge is 0.0716 e. The molecule has 2 aromatic rings. The van der Waals surface area contributed by atoms with Crippen molar-refractivity contribution in [1.29, 1.82) is 0 Å². The van der Waals surface area contributed by atoms with Crippen LogP contribution >= 0.6 is 0 Å². The second-order valence-electron chi connectivity index (χ2n) is 4.17. The maximum absolute atomic E-state index is 3.67. The third-order valence-corrected chi connectivity index (χ3v) is 3.54. The molecule has 0 amide bonds. The van der Waals surface area contributed by atoms with Crippen LogP contribution in [0.3, 0.4) is 0 Å². The van der Waals surface area contributed by atoms with Crippen molar-refractivity contribution in [2.75, 3.05) is 0 Å². The molecule has 2 aromatic carbocycles. The van der Waals surface area contributed by atoms with Gasteiger partial charge in [0.2, 0.25) is 0 Å². The standard InChI is InChI=1S/C15H15Si/c1-11-7-3-4-8-13(11)12(2)14-9-5-6-10-15(14)16/h3-10,12H,1-2H3. The third kappa shape index (κ3) is 2.09. The predicted molar refractivity (Wildman–Crippen MR) is 70.5 cm³/mol. The molecule has 0 fully saturated rings. The molecule has 1 unspecified atom stereocenters. The Labute approximate surface area is 101 Å². The second kappa shape index (κ2) is 4.66. The SMILES string of the molecule is Cc1ccccc1C(C)c1ccccc1[Si]. The first kappa shape index (κ1) is 11.2. The number of hydrogen-bond donors (Lipinski definition) is 0. The van der Waals surface area contributed by atoms with Crippen LogP contribution in [0, 0.1) is 6.92 Å². The molecule has 79 valence electrons. The fourth-order valence-corrected chi connectivity index (χ4v) is 2.51. The van der Waals surface area contributed by atoms with Gasteiger partial charge < -0.3 is 0 Å². The number of hydrogen-bond acceptors (Lipinski definition) is 0. The van der Waals surface area contributed by atoms with Crippen LogP contribution in [0.1, 0.15) is 29.5 Å². The molecular formula is C15H15Si. The number of aryl methyl sites for hydroxylation is 1. The summed E-state index contributed by atoms with van der Waals surface area (Å²) in [5.74, 6) is 0.426. The van der Waals surface area contributed by atoms with Crippen molar-refractivity contribution in [2.24, 2.45) is 0 Å². The van der Waals surface area contributed by atoms with Gasteiger partial charge in [0.15, 0.2) is 0 Å². The lowest BCUT2D eigenvalue weighted by molar-refractivity contribution is 0.917. The van der Waals surface area contributed by atoms with Gasteiger partial charge in [-0.25, -0.2) is 0 Å². The summed E-state index contributed by atoms with van der Waals surface area (Å²) >= 11 is 0. The van der Waals surface area contributed by atoms with Gasteiger partial charge in [0.05, 0.1) is 10.2 Å². The monoisotopic (exact) mass is 223 g/mol. The van der Waals surface area contributed by atoms with Gasteiger partial charge in [-0.15, -0.1) is 0 Å². The normalized spacial score (nSPS) is 12.4. The first-order valence-electron chi connectivity index (χ1n) is 5.56. The van der Waals surface area contributed by atoms with Gasteiger partial charge in [0.1, 0.15) is 0 Å². The van der Waals surface area contributed by atoms with Crippen LogP contribution in [0.4, 0.5) is 0 Å². The van der Waals surface area contributed by atoms with Crippen LogP contribution < -0.4 is 5.19 Å². The molecule has 2 rings (SSSR count). The van der Waals surface area contributed by atoms with Crippen LogP contribution in [-0.4, -0.2) is 10.2 Å². The highest BCUT2D eigenvalue weighted by atomic mass is 28.1. The summed E-state index contributed by atoms with van der Waals surface area (Å²) in [6.45, 7) is 4.42. The van der Waals surface area contributed by atoms with Gasteiger partial charge in [-0.05, 0) is 23.6 Å². The molecule has 3 radical (unpaired) electrons. The highest BCUT2D eigenvalue weighted by Gasteiger charge is 2.11. The van der Waals surface area contributed by atoms with Crippen molar-refractivity contribution < 1.29 is 0 Å². The Morgan fingerprint density at radius 3 is 2.06 bits per heavy atom. The Balaban J connectivity index is 2.44. The molecule has 0 aliphatic rings. The lowest BCUT2D eigenvalue weighted by atomic mass is 9.90. The molecule has 0 heterocycles.